The van der Waals surface area contributed by atoms with Crippen LogP contribution in [0.5, 0.6) is 0 Å². The number of nitrogens with zero attached hydrogens (tertiary/aromatic N) is 3. The number of carbonyl (C=O) groups excluding carboxylic acids is 2. The number of rotatable bonds is 4. The van der Waals surface area contributed by atoms with Gasteiger partial charge in [-0.3, -0.25) is 14.5 Å². The zero-order valence-electron chi connectivity index (χ0n) is 23.2. The van der Waals surface area contributed by atoms with E-state index in [9.17, 15) is 9.59 Å². The Labute approximate surface area is 233 Å². The van der Waals surface area contributed by atoms with E-state index in [1.165, 1.54) is 0 Å². The predicted molar refractivity (Wildman–Crippen MR) is 161 cm³/mol. The second-order valence-corrected chi connectivity index (χ2v) is 10.6. The van der Waals surface area contributed by atoms with Crippen LogP contribution in [0.2, 0.25) is 0 Å². The van der Waals surface area contributed by atoms with E-state index in [2.05, 4.69) is 0 Å². The predicted octanol–water partition coefficient (Wildman–Crippen LogP) is 7.32. The summed E-state index contributed by atoms with van der Waals surface area (Å²) in [5.74, 6) is -1.18. The smallest absolute Gasteiger partial charge is 0.283 e. The van der Waals surface area contributed by atoms with Crippen molar-refractivity contribution in [2.45, 2.75) is 34.6 Å². The molecule has 40 heavy (non-hydrogen) atoms. The summed E-state index contributed by atoms with van der Waals surface area (Å²) in [7, 11) is 0. The minimum absolute atomic E-state index is 0.266. The van der Waals surface area contributed by atoms with Gasteiger partial charge >= 0.3 is 5.91 Å². The van der Waals surface area contributed by atoms with Crippen LogP contribution in [0.4, 0.5) is 5.69 Å². The van der Waals surface area contributed by atoms with E-state index in [0.29, 0.717) is 22.6 Å². The highest BCUT2D eigenvalue weighted by Gasteiger charge is 2.43. The molecule has 0 saturated carbocycles. The molecule has 5 aromatic rings. The Balaban J connectivity index is 1.73. The molecule has 0 radical (unpaired) electrons. The van der Waals surface area contributed by atoms with E-state index in [1.54, 1.807) is 4.90 Å². The molecular weight excluding hydrogens is 494 g/mol. The fraction of sp³-hybridized carbons (Fsp3) is 0.143. The van der Waals surface area contributed by atoms with Crippen LogP contribution in [0, 0.1) is 34.6 Å². The van der Waals surface area contributed by atoms with Gasteiger partial charge in [-0.1, -0.05) is 89.5 Å². The molecule has 5 heteroatoms. The minimum atomic E-state index is -0.592. The maximum absolute atomic E-state index is 14.1. The standard InChI is InChI=1S/C35H29N3O2/c1-20-10-14-25(15-11-20)30-31(37-28-9-7-6-8-27(28)36-30)29-33(26-16-12-21(2)13-17-26)38(35(40)34(29)39)32-23(4)18-22(3)19-24(32)5/h6-19H,1-5H3. The third-order valence-corrected chi connectivity index (χ3v) is 7.40. The molecule has 0 spiro atoms. The van der Waals surface area contributed by atoms with E-state index in [0.717, 1.165) is 50.1 Å². The number of ketones is 1. The van der Waals surface area contributed by atoms with Gasteiger partial charge in [-0.05, 0) is 63.4 Å². The first-order valence-electron chi connectivity index (χ1n) is 13.3. The van der Waals surface area contributed by atoms with Crippen molar-refractivity contribution in [3.63, 3.8) is 0 Å². The van der Waals surface area contributed by atoms with Crippen molar-refractivity contribution >= 4 is 39.7 Å². The van der Waals surface area contributed by atoms with E-state index in [1.807, 2.05) is 120 Å². The van der Waals surface area contributed by atoms with Crippen molar-refractivity contribution in [3.8, 4) is 11.3 Å². The number of hydrogen-bond donors (Lipinski definition) is 0. The zero-order valence-corrected chi connectivity index (χ0v) is 23.2. The lowest BCUT2D eigenvalue weighted by molar-refractivity contribution is -0.131. The number of fused-ring (bicyclic) bond motifs is 1. The highest BCUT2D eigenvalue weighted by atomic mass is 16.2. The molecular formula is C35H29N3O2. The summed E-state index contributed by atoms with van der Waals surface area (Å²) in [6.45, 7) is 10.0. The summed E-state index contributed by atoms with van der Waals surface area (Å²) >= 11 is 0. The van der Waals surface area contributed by atoms with Gasteiger partial charge < -0.3 is 0 Å². The Bertz CT molecular complexity index is 1840. The van der Waals surface area contributed by atoms with E-state index in [-0.39, 0.29) is 5.57 Å². The number of para-hydroxylation sites is 2. The van der Waals surface area contributed by atoms with Gasteiger partial charge in [-0.15, -0.1) is 0 Å². The Hall–Kier alpha value is -4.90. The van der Waals surface area contributed by atoms with Crippen molar-refractivity contribution < 1.29 is 9.59 Å². The van der Waals surface area contributed by atoms with Gasteiger partial charge in [-0.2, -0.15) is 0 Å². The third-order valence-electron chi connectivity index (χ3n) is 7.40. The van der Waals surface area contributed by atoms with E-state index in [4.69, 9.17) is 9.97 Å². The van der Waals surface area contributed by atoms with Crippen molar-refractivity contribution in [2.75, 3.05) is 4.90 Å². The molecule has 0 N–H and O–H groups in total. The summed E-state index contributed by atoms with van der Waals surface area (Å²) in [5.41, 5.74) is 10.6. The summed E-state index contributed by atoms with van der Waals surface area (Å²) in [6, 6.07) is 27.6. The normalized spacial score (nSPS) is 13.6. The van der Waals surface area contributed by atoms with Crippen molar-refractivity contribution in [2.24, 2.45) is 0 Å². The molecule has 1 aliphatic rings. The highest BCUT2D eigenvalue weighted by Crippen LogP contribution is 2.44. The number of hydrogen-bond acceptors (Lipinski definition) is 4. The molecule has 1 aromatic heterocycles. The topological polar surface area (TPSA) is 63.2 Å². The number of aryl methyl sites for hydroxylation is 5. The number of benzene rings is 4. The molecule has 0 fully saturated rings. The second-order valence-electron chi connectivity index (χ2n) is 10.6. The summed E-state index contributed by atoms with van der Waals surface area (Å²) in [6.07, 6.45) is 0. The Kier molecular flexibility index (Phi) is 6.15. The summed E-state index contributed by atoms with van der Waals surface area (Å²) in [4.78, 5) is 39.6. The molecule has 4 aromatic carbocycles. The van der Waals surface area contributed by atoms with Crippen molar-refractivity contribution in [3.05, 3.63) is 124 Å². The number of amides is 1. The Morgan fingerprint density at radius 1 is 0.575 bits per heavy atom. The van der Waals surface area contributed by atoms with E-state index >= 15 is 0 Å². The fourth-order valence-corrected chi connectivity index (χ4v) is 5.56. The molecule has 2 heterocycles. The quantitative estimate of drug-likeness (QED) is 0.232. The van der Waals surface area contributed by atoms with Crippen molar-refractivity contribution in [1.29, 1.82) is 0 Å². The Morgan fingerprint density at radius 3 is 1.62 bits per heavy atom. The molecule has 0 atom stereocenters. The van der Waals surface area contributed by atoms with Crippen LogP contribution in [0.25, 0.3) is 33.6 Å². The first kappa shape index (κ1) is 25.4. The van der Waals surface area contributed by atoms with Crippen LogP contribution in [-0.4, -0.2) is 21.7 Å². The molecule has 0 saturated heterocycles. The zero-order chi connectivity index (χ0) is 28.1. The number of aromatic nitrogens is 2. The maximum Gasteiger partial charge on any atom is 0.304 e. The lowest BCUT2D eigenvalue weighted by Crippen LogP contribution is -2.29. The van der Waals surface area contributed by atoms with Crippen LogP contribution in [0.1, 0.15) is 39.1 Å². The van der Waals surface area contributed by atoms with Gasteiger partial charge in [0.1, 0.15) is 5.69 Å². The fourth-order valence-electron chi connectivity index (χ4n) is 5.56. The van der Waals surface area contributed by atoms with Gasteiger partial charge in [0.25, 0.3) is 5.78 Å². The highest BCUT2D eigenvalue weighted by molar-refractivity contribution is 6.65. The van der Waals surface area contributed by atoms with Gasteiger partial charge in [0, 0.05) is 5.56 Å². The van der Waals surface area contributed by atoms with Crippen molar-refractivity contribution in [1.82, 2.24) is 9.97 Å². The van der Waals surface area contributed by atoms with Gasteiger partial charge in [-0.25, -0.2) is 9.97 Å². The first-order chi connectivity index (χ1) is 19.2. The first-order valence-corrected chi connectivity index (χ1v) is 13.3. The summed E-state index contributed by atoms with van der Waals surface area (Å²) < 4.78 is 0. The van der Waals surface area contributed by atoms with Gasteiger partial charge in [0.05, 0.1) is 33.7 Å². The monoisotopic (exact) mass is 523 g/mol. The minimum Gasteiger partial charge on any atom is -0.283 e. The largest absolute Gasteiger partial charge is 0.304 e. The molecule has 0 bridgehead atoms. The molecule has 5 nitrogen and oxygen atoms in total. The SMILES string of the molecule is Cc1ccc(C2=C(c3nc4ccccc4nc3-c3ccc(C)cc3)C(=O)C(=O)N2c2c(C)cc(C)cc2C)cc1. The van der Waals surface area contributed by atoms with Crippen LogP contribution < -0.4 is 4.90 Å². The van der Waals surface area contributed by atoms with Crippen LogP contribution in [0.3, 0.4) is 0 Å². The van der Waals surface area contributed by atoms with Crippen LogP contribution in [0.15, 0.2) is 84.9 Å². The lowest BCUT2D eigenvalue weighted by atomic mass is 9.97. The summed E-state index contributed by atoms with van der Waals surface area (Å²) in [5, 5.41) is 0. The Morgan fingerprint density at radius 2 is 1.07 bits per heavy atom. The third kappa shape index (κ3) is 4.20. The molecule has 196 valence electrons. The molecule has 6 rings (SSSR count). The maximum atomic E-state index is 14.1. The lowest BCUT2D eigenvalue weighted by Gasteiger charge is -2.25. The van der Waals surface area contributed by atoms with Crippen LogP contribution in [-0.2, 0) is 9.59 Å². The molecule has 1 aliphatic heterocycles. The average Bonchev–Trinajstić information content (AvgIpc) is 3.18. The number of carbonyl (C=O) groups is 2. The molecule has 0 aliphatic carbocycles. The van der Waals surface area contributed by atoms with E-state index < -0.39 is 11.7 Å². The number of anilines is 1. The second kappa shape index (κ2) is 9.69. The molecule has 1 amide bonds. The van der Waals surface area contributed by atoms with Gasteiger partial charge in [0.15, 0.2) is 0 Å². The number of Topliss-reactive ketones (excluding diaryl/α,β-unsaturated/α-hetero) is 1. The average molecular weight is 524 g/mol. The molecule has 0 unspecified atom stereocenters. The van der Waals surface area contributed by atoms with Gasteiger partial charge in [0.2, 0.25) is 0 Å². The van der Waals surface area contributed by atoms with Crippen LogP contribution >= 0.6 is 0 Å².